The van der Waals surface area contributed by atoms with Gasteiger partial charge in [0.25, 0.3) is 11.7 Å². The van der Waals surface area contributed by atoms with Crippen LogP contribution < -0.4 is 4.74 Å². The molecule has 0 saturated carbocycles. The van der Waals surface area contributed by atoms with Crippen LogP contribution in [0.15, 0.2) is 89.8 Å². The van der Waals surface area contributed by atoms with E-state index in [9.17, 15) is 14.7 Å². The molecule has 4 aromatic rings. The number of aliphatic hydroxyl groups excluding tert-OH is 1. The number of Topliss-reactive ketones (excluding diaryl/α,β-unsaturated/α-hetero) is 1. The van der Waals surface area contributed by atoms with Gasteiger partial charge < -0.3 is 14.7 Å². The smallest absolute Gasteiger partial charge is 0.295 e. The number of nitrogens with zero attached hydrogens (tertiary/aromatic N) is 1. The lowest BCUT2D eigenvalue weighted by Gasteiger charge is -2.25. The summed E-state index contributed by atoms with van der Waals surface area (Å²) in [5.74, 6) is -0.848. The molecule has 1 saturated heterocycles. The van der Waals surface area contributed by atoms with E-state index in [4.69, 9.17) is 4.74 Å². The fraction of sp³-hybridized carbons (Fsp3) is 0.111. The highest BCUT2D eigenvalue weighted by Gasteiger charge is 2.46. The minimum absolute atomic E-state index is 0.105. The maximum absolute atomic E-state index is 13.3. The van der Waals surface area contributed by atoms with Crippen LogP contribution in [0.3, 0.4) is 0 Å². The predicted octanol–water partition coefficient (Wildman–Crippen LogP) is 5.53. The summed E-state index contributed by atoms with van der Waals surface area (Å²) in [5, 5.41) is 15.1. The minimum Gasteiger partial charge on any atom is -0.507 e. The summed E-state index contributed by atoms with van der Waals surface area (Å²) in [5.41, 5.74) is 1.42. The van der Waals surface area contributed by atoms with Gasteiger partial charge in [-0.3, -0.25) is 9.59 Å². The van der Waals surface area contributed by atoms with E-state index in [1.807, 2.05) is 78.2 Å². The molecule has 1 atom stereocenters. The Bertz CT molecular complexity index is 1390. The van der Waals surface area contributed by atoms with E-state index in [1.54, 1.807) is 13.2 Å². The highest BCUT2D eigenvalue weighted by Crippen LogP contribution is 2.43. The number of hydrogen-bond acceptors (Lipinski definition) is 5. The van der Waals surface area contributed by atoms with Crippen molar-refractivity contribution in [1.82, 2.24) is 4.90 Å². The summed E-state index contributed by atoms with van der Waals surface area (Å²) < 4.78 is 5.45. The number of methoxy groups -OCH3 is 1. The number of aliphatic hydroxyl groups is 1. The van der Waals surface area contributed by atoms with Crippen molar-refractivity contribution in [2.24, 2.45) is 0 Å². The molecule has 3 aromatic carbocycles. The zero-order valence-corrected chi connectivity index (χ0v) is 18.7. The van der Waals surface area contributed by atoms with Gasteiger partial charge in [0.15, 0.2) is 0 Å². The number of hydrogen-bond donors (Lipinski definition) is 1. The van der Waals surface area contributed by atoms with Gasteiger partial charge >= 0.3 is 0 Å². The third-order valence-corrected chi connectivity index (χ3v) is 6.86. The first-order valence-corrected chi connectivity index (χ1v) is 11.4. The Morgan fingerprint density at radius 2 is 1.73 bits per heavy atom. The van der Waals surface area contributed by atoms with Crippen molar-refractivity contribution in [2.75, 3.05) is 7.11 Å². The molecule has 33 heavy (non-hydrogen) atoms. The van der Waals surface area contributed by atoms with E-state index in [2.05, 4.69) is 0 Å². The van der Waals surface area contributed by atoms with Gasteiger partial charge in [-0.15, -0.1) is 11.3 Å². The average molecular weight is 456 g/mol. The highest BCUT2D eigenvalue weighted by molar-refractivity contribution is 7.10. The quantitative estimate of drug-likeness (QED) is 0.244. The monoisotopic (exact) mass is 455 g/mol. The van der Waals surface area contributed by atoms with E-state index in [-0.39, 0.29) is 17.9 Å². The molecular weight excluding hydrogens is 434 g/mol. The molecule has 6 heteroatoms. The fourth-order valence-electron chi connectivity index (χ4n) is 4.38. The van der Waals surface area contributed by atoms with Crippen LogP contribution in [-0.4, -0.2) is 28.8 Å². The molecule has 1 amide bonds. The lowest BCUT2D eigenvalue weighted by atomic mass is 9.96. The van der Waals surface area contributed by atoms with Gasteiger partial charge in [0, 0.05) is 16.0 Å². The lowest BCUT2D eigenvalue weighted by molar-refractivity contribution is -0.140. The van der Waals surface area contributed by atoms with Crippen molar-refractivity contribution < 1.29 is 19.4 Å². The molecule has 1 aromatic heterocycles. The second-order valence-electron chi connectivity index (χ2n) is 7.78. The molecule has 1 unspecified atom stereocenters. The summed E-state index contributed by atoms with van der Waals surface area (Å²) in [7, 11) is 1.57. The Kier molecular flexibility index (Phi) is 5.44. The number of thiophene rings is 1. The SMILES string of the molecule is COc1ccccc1CN1C(=O)C(=O)/C(=C(\O)c2cccc3ccccc23)C1c1cccs1. The first kappa shape index (κ1) is 21.0. The van der Waals surface area contributed by atoms with Gasteiger partial charge in [0.1, 0.15) is 11.5 Å². The minimum atomic E-state index is -0.686. The molecule has 1 aliphatic rings. The average Bonchev–Trinajstić information content (AvgIpc) is 3.46. The van der Waals surface area contributed by atoms with Crippen LogP contribution in [0.2, 0.25) is 0 Å². The summed E-state index contributed by atoms with van der Waals surface area (Å²) in [6, 6.07) is 23.7. The molecular formula is C27H21NO4S. The molecule has 0 radical (unpaired) electrons. The number of ketones is 1. The molecule has 1 fully saturated rings. The molecule has 0 bridgehead atoms. The number of likely N-dealkylation sites (tertiary alicyclic amines) is 1. The van der Waals surface area contributed by atoms with Gasteiger partial charge in [0.05, 0.1) is 25.3 Å². The normalized spacial score (nSPS) is 17.6. The third-order valence-electron chi connectivity index (χ3n) is 5.93. The lowest BCUT2D eigenvalue weighted by Crippen LogP contribution is -2.29. The largest absolute Gasteiger partial charge is 0.507 e. The Balaban J connectivity index is 1.68. The Hall–Kier alpha value is -3.90. The number of rotatable bonds is 5. The molecule has 0 aliphatic carbocycles. The molecule has 1 N–H and O–H groups in total. The van der Waals surface area contributed by atoms with E-state index in [0.29, 0.717) is 11.3 Å². The summed E-state index contributed by atoms with van der Waals surface area (Å²) >= 11 is 1.45. The van der Waals surface area contributed by atoms with Gasteiger partial charge in [0.2, 0.25) is 0 Å². The van der Waals surface area contributed by atoms with Crippen LogP contribution in [0.4, 0.5) is 0 Å². The van der Waals surface area contributed by atoms with Crippen LogP contribution in [0, 0.1) is 0 Å². The van der Waals surface area contributed by atoms with Crippen LogP contribution in [0.5, 0.6) is 5.75 Å². The van der Waals surface area contributed by atoms with Crippen molar-refractivity contribution in [3.8, 4) is 5.75 Å². The first-order valence-electron chi connectivity index (χ1n) is 10.5. The summed E-state index contributed by atoms with van der Waals surface area (Å²) in [6.07, 6.45) is 0. The van der Waals surface area contributed by atoms with Crippen LogP contribution in [0.1, 0.15) is 22.0 Å². The molecule has 5 rings (SSSR count). The number of amides is 1. The van der Waals surface area contributed by atoms with Gasteiger partial charge in [-0.05, 0) is 28.3 Å². The Morgan fingerprint density at radius 1 is 0.970 bits per heavy atom. The zero-order valence-electron chi connectivity index (χ0n) is 17.9. The Labute approximate surface area is 195 Å². The third kappa shape index (κ3) is 3.58. The topological polar surface area (TPSA) is 66.8 Å². The van der Waals surface area contributed by atoms with Gasteiger partial charge in [-0.1, -0.05) is 66.7 Å². The van der Waals surface area contributed by atoms with E-state index >= 15 is 0 Å². The van der Waals surface area contributed by atoms with Crippen molar-refractivity contribution in [3.63, 3.8) is 0 Å². The second kappa shape index (κ2) is 8.56. The highest BCUT2D eigenvalue weighted by atomic mass is 32.1. The predicted molar refractivity (Wildman–Crippen MR) is 129 cm³/mol. The summed E-state index contributed by atoms with van der Waals surface area (Å²) in [6.45, 7) is 0.184. The van der Waals surface area contributed by atoms with Gasteiger partial charge in [-0.2, -0.15) is 0 Å². The Morgan fingerprint density at radius 3 is 2.52 bits per heavy atom. The van der Waals surface area contributed by atoms with Gasteiger partial charge in [-0.25, -0.2) is 0 Å². The summed E-state index contributed by atoms with van der Waals surface area (Å²) in [4.78, 5) is 28.8. The van der Waals surface area contributed by atoms with E-state index in [1.165, 1.54) is 16.2 Å². The number of ether oxygens (including phenoxy) is 1. The molecule has 164 valence electrons. The number of carbonyl (C=O) groups excluding carboxylic acids is 2. The number of carbonyl (C=O) groups is 2. The fourth-order valence-corrected chi connectivity index (χ4v) is 5.23. The standard InChI is InChI=1S/C27H21NO4S/c1-32-21-13-5-3-9-18(21)16-28-24(22-14-7-15-33-22)23(26(30)27(28)31)25(29)20-12-6-10-17-8-2-4-11-19(17)20/h2-15,24,29H,16H2,1H3/b25-23-. The van der Waals surface area contributed by atoms with Crippen molar-refractivity contribution in [2.45, 2.75) is 12.6 Å². The molecule has 2 heterocycles. The zero-order chi connectivity index (χ0) is 22.9. The van der Waals surface area contributed by atoms with Crippen LogP contribution >= 0.6 is 11.3 Å². The second-order valence-corrected chi connectivity index (χ2v) is 8.76. The van der Waals surface area contributed by atoms with Crippen LogP contribution in [-0.2, 0) is 16.1 Å². The maximum Gasteiger partial charge on any atom is 0.295 e. The molecule has 0 spiro atoms. The van der Waals surface area contributed by atoms with E-state index < -0.39 is 17.7 Å². The molecule has 5 nitrogen and oxygen atoms in total. The number of benzene rings is 3. The molecule has 1 aliphatic heterocycles. The first-order chi connectivity index (χ1) is 16.1. The van der Waals surface area contributed by atoms with Crippen molar-refractivity contribution in [1.29, 1.82) is 0 Å². The van der Waals surface area contributed by atoms with Crippen molar-refractivity contribution in [3.05, 3.63) is 106 Å². The van der Waals surface area contributed by atoms with E-state index in [0.717, 1.165) is 21.2 Å². The van der Waals surface area contributed by atoms with Crippen LogP contribution in [0.25, 0.3) is 16.5 Å². The maximum atomic E-state index is 13.3. The number of fused-ring (bicyclic) bond motifs is 1. The van der Waals surface area contributed by atoms with Crippen molar-refractivity contribution >= 4 is 39.6 Å². The number of para-hydroxylation sites is 1.